The minimum Gasteiger partial charge on any atom is -0.360 e. The lowest BCUT2D eigenvalue weighted by atomic mass is 10.2. The van der Waals surface area contributed by atoms with E-state index in [1.165, 1.54) is 0 Å². The molecule has 0 saturated heterocycles. The maximum atomic E-state index is 4.33. The lowest BCUT2D eigenvalue weighted by molar-refractivity contribution is 0.687. The molecule has 0 unspecified atom stereocenters. The van der Waals surface area contributed by atoms with Gasteiger partial charge in [-0.1, -0.05) is 36.9 Å². The van der Waals surface area contributed by atoms with Crippen LogP contribution in [0.4, 0.5) is 5.13 Å². The molecule has 2 heterocycles. The quantitative estimate of drug-likeness (QED) is 0.789. The highest BCUT2D eigenvalue weighted by molar-refractivity contribution is 9.10. The van der Waals surface area contributed by atoms with E-state index in [-0.39, 0.29) is 0 Å². The predicted molar refractivity (Wildman–Crippen MR) is 84.7 cm³/mol. The van der Waals surface area contributed by atoms with E-state index in [4.69, 9.17) is 0 Å². The van der Waals surface area contributed by atoms with Crippen LogP contribution in [0.1, 0.15) is 19.5 Å². The fourth-order valence-corrected chi connectivity index (χ4v) is 3.17. The molecule has 19 heavy (non-hydrogen) atoms. The summed E-state index contributed by atoms with van der Waals surface area (Å²) in [6, 6.07) is 4.01. The first-order valence-corrected chi connectivity index (χ1v) is 8.53. The maximum Gasteiger partial charge on any atom is 0.206 e. The van der Waals surface area contributed by atoms with Crippen LogP contribution in [0.2, 0.25) is 0 Å². The van der Waals surface area contributed by atoms with Gasteiger partial charge in [-0.25, -0.2) is 0 Å². The number of pyridine rings is 1. The largest absolute Gasteiger partial charge is 0.360 e. The molecule has 7 heteroatoms. The first-order chi connectivity index (χ1) is 9.13. The minimum atomic E-state index is 0.604. The van der Waals surface area contributed by atoms with Crippen molar-refractivity contribution in [3.63, 3.8) is 0 Å². The number of halogens is 1. The van der Waals surface area contributed by atoms with E-state index in [0.717, 1.165) is 31.9 Å². The Bertz CT molecular complexity index is 513. The average molecular weight is 359 g/mol. The lowest BCUT2D eigenvalue weighted by Crippen LogP contribution is -2.07. The molecule has 0 atom stereocenters. The van der Waals surface area contributed by atoms with Crippen LogP contribution in [0.3, 0.4) is 0 Å². The van der Waals surface area contributed by atoms with Crippen LogP contribution in [0.5, 0.6) is 0 Å². The third-order valence-corrected chi connectivity index (χ3v) is 4.72. The number of rotatable bonds is 6. The highest BCUT2D eigenvalue weighted by atomic mass is 79.9. The summed E-state index contributed by atoms with van der Waals surface area (Å²) in [5.74, 6) is 1.42. The van der Waals surface area contributed by atoms with E-state index in [1.807, 2.05) is 18.3 Å². The Balaban J connectivity index is 1.84. The first-order valence-electron chi connectivity index (χ1n) is 5.94. The summed E-state index contributed by atoms with van der Waals surface area (Å²) in [6.45, 7) is 5.26. The Morgan fingerprint density at radius 2 is 2.21 bits per heavy atom. The molecular formula is C12H15BrN4S2. The van der Waals surface area contributed by atoms with Crippen LogP contribution in [0.15, 0.2) is 27.1 Å². The number of thioether (sulfide) groups is 1. The van der Waals surface area contributed by atoms with Crippen LogP contribution < -0.4 is 5.32 Å². The van der Waals surface area contributed by atoms with Crippen molar-refractivity contribution >= 4 is 44.2 Å². The fraction of sp³-hybridized carbons (Fsp3) is 0.417. The molecule has 0 bridgehead atoms. The van der Waals surface area contributed by atoms with Crippen molar-refractivity contribution in [2.45, 2.75) is 23.9 Å². The number of nitrogens with zero attached hydrogens (tertiary/aromatic N) is 3. The van der Waals surface area contributed by atoms with Gasteiger partial charge < -0.3 is 5.32 Å². The van der Waals surface area contributed by atoms with Gasteiger partial charge in [0, 0.05) is 23.0 Å². The van der Waals surface area contributed by atoms with Crippen molar-refractivity contribution in [1.82, 2.24) is 15.2 Å². The number of anilines is 1. The van der Waals surface area contributed by atoms with Crippen LogP contribution in [0.25, 0.3) is 0 Å². The van der Waals surface area contributed by atoms with E-state index in [1.54, 1.807) is 23.1 Å². The van der Waals surface area contributed by atoms with Gasteiger partial charge in [0.15, 0.2) is 4.34 Å². The van der Waals surface area contributed by atoms with Gasteiger partial charge >= 0.3 is 0 Å². The number of nitrogens with one attached hydrogen (secondary N) is 1. The number of hydrogen-bond acceptors (Lipinski definition) is 6. The molecule has 0 spiro atoms. The van der Waals surface area contributed by atoms with Gasteiger partial charge in [-0.2, -0.15) is 0 Å². The molecule has 1 N–H and O–H groups in total. The molecule has 2 aromatic rings. The molecule has 0 fully saturated rings. The predicted octanol–water partition coefficient (Wildman–Crippen LogP) is 4.06. The zero-order valence-electron chi connectivity index (χ0n) is 10.8. The maximum absolute atomic E-state index is 4.33. The van der Waals surface area contributed by atoms with Crippen LogP contribution in [-0.2, 0) is 5.75 Å². The van der Waals surface area contributed by atoms with Gasteiger partial charge in [-0.3, -0.25) is 4.98 Å². The van der Waals surface area contributed by atoms with Gasteiger partial charge in [0.05, 0.1) is 5.69 Å². The molecule has 4 nitrogen and oxygen atoms in total. The Morgan fingerprint density at radius 3 is 2.89 bits per heavy atom. The normalized spacial score (nSPS) is 10.9. The summed E-state index contributed by atoms with van der Waals surface area (Å²) in [5.41, 5.74) is 1.04. The van der Waals surface area contributed by atoms with Gasteiger partial charge in [-0.15, -0.1) is 10.2 Å². The molecule has 0 saturated carbocycles. The molecule has 0 aliphatic heterocycles. The zero-order chi connectivity index (χ0) is 13.7. The van der Waals surface area contributed by atoms with Crippen molar-refractivity contribution in [3.8, 4) is 0 Å². The molecule has 0 amide bonds. The third kappa shape index (κ3) is 5.08. The SMILES string of the molecule is CC(C)CNc1nnc(SCc2ccc(Br)cn2)s1. The monoisotopic (exact) mass is 358 g/mol. The van der Waals surface area contributed by atoms with Crippen LogP contribution >= 0.6 is 39.0 Å². The highest BCUT2D eigenvalue weighted by Crippen LogP contribution is 2.28. The minimum absolute atomic E-state index is 0.604. The second-order valence-electron chi connectivity index (χ2n) is 4.40. The summed E-state index contributed by atoms with van der Waals surface area (Å²) in [4.78, 5) is 4.33. The Kier molecular flexibility index (Phi) is 5.59. The van der Waals surface area contributed by atoms with E-state index < -0.39 is 0 Å². The van der Waals surface area contributed by atoms with Gasteiger partial charge in [-0.05, 0) is 34.0 Å². The highest BCUT2D eigenvalue weighted by Gasteiger charge is 2.06. The third-order valence-electron chi connectivity index (χ3n) is 2.20. The molecular weight excluding hydrogens is 344 g/mol. The van der Waals surface area contributed by atoms with Gasteiger partial charge in [0.1, 0.15) is 0 Å². The summed E-state index contributed by atoms with van der Waals surface area (Å²) in [5, 5.41) is 12.5. The van der Waals surface area contributed by atoms with Gasteiger partial charge in [0.2, 0.25) is 5.13 Å². The van der Waals surface area contributed by atoms with Crippen molar-refractivity contribution in [2.24, 2.45) is 5.92 Å². The Morgan fingerprint density at radius 1 is 1.37 bits per heavy atom. The van der Waals surface area contributed by atoms with Crippen LogP contribution in [0, 0.1) is 5.92 Å². The average Bonchev–Trinajstić information content (AvgIpc) is 2.84. The van der Waals surface area contributed by atoms with Crippen LogP contribution in [-0.4, -0.2) is 21.7 Å². The van der Waals surface area contributed by atoms with E-state index >= 15 is 0 Å². The number of aromatic nitrogens is 3. The van der Waals surface area contributed by atoms with Gasteiger partial charge in [0.25, 0.3) is 0 Å². The zero-order valence-corrected chi connectivity index (χ0v) is 14.0. The summed E-state index contributed by atoms with van der Waals surface area (Å²) < 4.78 is 1.97. The van der Waals surface area contributed by atoms with Crippen molar-refractivity contribution in [3.05, 3.63) is 28.5 Å². The lowest BCUT2D eigenvalue weighted by Gasteiger charge is -2.03. The van der Waals surface area contributed by atoms with Crippen molar-refractivity contribution < 1.29 is 0 Å². The second kappa shape index (κ2) is 7.21. The van der Waals surface area contributed by atoms with Crippen molar-refractivity contribution in [1.29, 1.82) is 0 Å². The molecule has 2 aromatic heterocycles. The Hall–Kier alpha value is -0.660. The van der Waals surface area contributed by atoms with Crippen molar-refractivity contribution in [2.75, 3.05) is 11.9 Å². The summed E-state index contributed by atoms with van der Waals surface area (Å²) in [6.07, 6.45) is 1.81. The second-order valence-corrected chi connectivity index (χ2v) is 7.52. The fourth-order valence-electron chi connectivity index (χ4n) is 1.26. The van der Waals surface area contributed by atoms with E-state index in [2.05, 4.69) is 50.3 Å². The molecule has 102 valence electrons. The van der Waals surface area contributed by atoms with E-state index in [9.17, 15) is 0 Å². The standard InChI is InChI=1S/C12H15BrN4S2/c1-8(2)5-15-11-16-17-12(19-11)18-7-10-4-3-9(13)6-14-10/h3-4,6,8H,5,7H2,1-2H3,(H,15,16). The molecule has 0 aromatic carbocycles. The summed E-state index contributed by atoms with van der Waals surface area (Å²) in [7, 11) is 0. The smallest absolute Gasteiger partial charge is 0.206 e. The molecule has 0 aliphatic carbocycles. The number of hydrogen-bond donors (Lipinski definition) is 1. The van der Waals surface area contributed by atoms with E-state index in [0.29, 0.717) is 5.92 Å². The summed E-state index contributed by atoms with van der Waals surface area (Å²) >= 11 is 6.63. The molecule has 0 radical (unpaired) electrons. The first kappa shape index (κ1) is 14.7. The Labute approximate surface area is 129 Å². The molecule has 2 rings (SSSR count). The topological polar surface area (TPSA) is 50.7 Å². The molecule has 0 aliphatic rings.